The third-order valence-corrected chi connectivity index (χ3v) is 2.33. The highest BCUT2D eigenvalue weighted by atomic mass is 16.5. The molecule has 0 atom stereocenters. The van der Waals surface area contributed by atoms with Crippen LogP contribution in [0, 0.1) is 0 Å². The number of nitrogens with zero attached hydrogens (tertiary/aromatic N) is 2. The maximum atomic E-state index is 9.17. The van der Waals surface area contributed by atoms with Crippen molar-refractivity contribution in [2.24, 2.45) is 0 Å². The van der Waals surface area contributed by atoms with Crippen molar-refractivity contribution in [2.75, 3.05) is 6.54 Å². The van der Waals surface area contributed by atoms with E-state index in [0.717, 1.165) is 12.1 Å². The molecule has 5 heteroatoms. The summed E-state index contributed by atoms with van der Waals surface area (Å²) in [5.74, 6) is 1.51. The van der Waals surface area contributed by atoms with Crippen molar-refractivity contribution in [2.45, 2.75) is 19.9 Å². The van der Waals surface area contributed by atoms with Gasteiger partial charge in [-0.15, -0.1) is 0 Å². The van der Waals surface area contributed by atoms with E-state index in [-0.39, 0.29) is 5.75 Å². The first-order chi connectivity index (χ1) is 8.28. The Morgan fingerprint density at radius 2 is 2.06 bits per heavy atom. The molecule has 17 heavy (non-hydrogen) atoms. The van der Waals surface area contributed by atoms with Gasteiger partial charge in [-0.2, -0.15) is 4.98 Å². The molecule has 0 aliphatic heterocycles. The minimum absolute atomic E-state index is 0.259. The van der Waals surface area contributed by atoms with Gasteiger partial charge in [-0.25, -0.2) is 0 Å². The summed E-state index contributed by atoms with van der Waals surface area (Å²) in [7, 11) is 0. The maximum absolute atomic E-state index is 9.17. The summed E-state index contributed by atoms with van der Waals surface area (Å²) in [4.78, 5) is 4.26. The first-order valence-corrected chi connectivity index (χ1v) is 5.58. The largest absolute Gasteiger partial charge is 0.508 e. The van der Waals surface area contributed by atoms with E-state index >= 15 is 0 Å². The highest BCUT2D eigenvalue weighted by molar-refractivity contribution is 5.27. The minimum atomic E-state index is 0.259. The molecule has 1 aromatic heterocycles. The molecule has 0 aliphatic rings. The highest BCUT2D eigenvalue weighted by Gasteiger charge is 2.06. The maximum Gasteiger partial charge on any atom is 0.240 e. The molecule has 0 radical (unpaired) electrons. The van der Waals surface area contributed by atoms with Crippen LogP contribution in [0.25, 0.3) is 0 Å². The summed E-state index contributed by atoms with van der Waals surface area (Å²) in [6, 6.07) is 6.98. The molecule has 2 N–H and O–H groups in total. The van der Waals surface area contributed by atoms with E-state index in [2.05, 4.69) is 15.5 Å². The van der Waals surface area contributed by atoms with Crippen LogP contribution >= 0.6 is 0 Å². The summed E-state index contributed by atoms with van der Waals surface area (Å²) in [5.41, 5.74) is 1.04. The van der Waals surface area contributed by atoms with E-state index in [1.807, 2.05) is 19.1 Å². The van der Waals surface area contributed by atoms with Crippen LogP contribution in [-0.4, -0.2) is 21.8 Å². The summed E-state index contributed by atoms with van der Waals surface area (Å²) in [6.07, 6.45) is 0.607. The zero-order valence-corrected chi connectivity index (χ0v) is 9.68. The van der Waals surface area contributed by atoms with Gasteiger partial charge in [0.05, 0.1) is 6.54 Å². The first-order valence-electron chi connectivity index (χ1n) is 5.58. The molecule has 0 unspecified atom stereocenters. The van der Waals surface area contributed by atoms with Crippen LogP contribution in [0.1, 0.15) is 24.2 Å². The van der Waals surface area contributed by atoms with E-state index in [1.165, 1.54) is 0 Å². The lowest BCUT2D eigenvalue weighted by molar-refractivity contribution is 0.365. The fraction of sp³-hybridized carbons (Fsp3) is 0.333. The Morgan fingerprint density at radius 1 is 1.29 bits per heavy atom. The normalized spacial score (nSPS) is 10.6. The second-order valence-electron chi connectivity index (χ2n) is 3.73. The topological polar surface area (TPSA) is 71.2 Å². The summed E-state index contributed by atoms with van der Waals surface area (Å²) in [5, 5.41) is 16.2. The Hall–Kier alpha value is -1.88. The van der Waals surface area contributed by atoms with Crippen LogP contribution < -0.4 is 5.32 Å². The number of nitrogens with one attached hydrogen (secondary N) is 1. The quantitative estimate of drug-likeness (QED) is 0.818. The lowest BCUT2D eigenvalue weighted by Gasteiger charge is -1.96. The second kappa shape index (κ2) is 5.45. The minimum Gasteiger partial charge on any atom is -0.508 e. The Morgan fingerprint density at radius 3 is 2.76 bits per heavy atom. The number of phenols is 1. The summed E-state index contributed by atoms with van der Waals surface area (Å²) < 4.78 is 5.09. The van der Waals surface area contributed by atoms with Gasteiger partial charge < -0.3 is 14.9 Å². The molecule has 1 heterocycles. The fourth-order valence-corrected chi connectivity index (χ4v) is 1.46. The standard InChI is InChI=1S/C12H15N3O2/c1-2-13-8-12-14-11(15-17-12)7-9-3-5-10(16)6-4-9/h3-6,13,16H,2,7-8H2,1H3. The zero-order chi connectivity index (χ0) is 12.1. The molecule has 0 aliphatic carbocycles. The van der Waals surface area contributed by atoms with Crippen molar-refractivity contribution in [3.63, 3.8) is 0 Å². The van der Waals surface area contributed by atoms with Crippen LogP contribution in [0.5, 0.6) is 5.75 Å². The predicted molar refractivity (Wildman–Crippen MR) is 62.6 cm³/mol. The SMILES string of the molecule is CCNCc1nc(Cc2ccc(O)cc2)no1. The van der Waals surface area contributed by atoms with Gasteiger partial charge >= 0.3 is 0 Å². The molecule has 0 saturated carbocycles. The molecule has 1 aromatic carbocycles. The van der Waals surface area contributed by atoms with E-state index in [1.54, 1.807) is 12.1 Å². The number of rotatable bonds is 5. The molecule has 90 valence electrons. The van der Waals surface area contributed by atoms with Crippen molar-refractivity contribution in [3.8, 4) is 5.75 Å². The van der Waals surface area contributed by atoms with Crippen LogP contribution in [0.3, 0.4) is 0 Å². The van der Waals surface area contributed by atoms with E-state index in [0.29, 0.717) is 24.7 Å². The predicted octanol–water partition coefficient (Wildman–Crippen LogP) is 1.48. The molecule has 2 rings (SSSR count). The van der Waals surface area contributed by atoms with Crippen molar-refractivity contribution in [1.29, 1.82) is 0 Å². The average molecular weight is 233 g/mol. The van der Waals surface area contributed by atoms with Gasteiger partial charge in [0.25, 0.3) is 0 Å². The second-order valence-corrected chi connectivity index (χ2v) is 3.73. The van der Waals surface area contributed by atoms with Crippen molar-refractivity contribution < 1.29 is 9.63 Å². The molecule has 5 nitrogen and oxygen atoms in total. The van der Waals surface area contributed by atoms with Crippen molar-refractivity contribution >= 4 is 0 Å². The van der Waals surface area contributed by atoms with Gasteiger partial charge in [0.15, 0.2) is 5.82 Å². The van der Waals surface area contributed by atoms with Gasteiger partial charge in [0, 0.05) is 6.42 Å². The third kappa shape index (κ3) is 3.29. The molecule has 2 aromatic rings. The smallest absolute Gasteiger partial charge is 0.240 e. The van der Waals surface area contributed by atoms with Crippen LogP contribution in [0.2, 0.25) is 0 Å². The first kappa shape index (κ1) is 11.6. The molecular weight excluding hydrogens is 218 g/mol. The van der Waals surface area contributed by atoms with Crippen LogP contribution in [-0.2, 0) is 13.0 Å². The average Bonchev–Trinajstić information content (AvgIpc) is 2.77. The Kier molecular flexibility index (Phi) is 3.72. The number of aromatic hydroxyl groups is 1. The lowest BCUT2D eigenvalue weighted by Crippen LogP contribution is -2.11. The van der Waals surface area contributed by atoms with E-state index in [9.17, 15) is 0 Å². The van der Waals surface area contributed by atoms with Crippen molar-refractivity contribution in [1.82, 2.24) is 15.5 Å². The lowest BCUT2D eigenvalue weighted by atomic mass is 10.1. The molecular formula is C12H15N3O2. The Bertz CT molecular complexity index is 465. The molecule has 0 saturated heterocycles. The molecule has 0 spiro atoms. The summed E-state index contributed by atoms with van der Waals surface area (Å²) in [6.45, 7) is 3.49. The molecule has 0 amide bonds. The van der Waals surface area contributed by atoms with Crippen LogP contribution in [0.4, 0.5) is 0 Å². The fourth-order valence-electron chi connectivity index (χ4n) is 1.46. The number of benzene rings is 1. The third-order valence-electron chi connectivity index (χ3n) is 2.33. The van der Waals surface area contributed by atoms with Crippen LogP contribution in [0.15, 0.2) is 28.8 Å². The van der Waals surface area contributed by atoms with Crippen molar-refractivity contribution in [3.05, 3.63) is 41.5 Å². The van der Waals surface area contributed by atoms with Gasteiger partial charge in [-0.05, 0) is 24.2 Å². The molecule has 0 fully saturated rings. The monoisotopic (exact) mass is 233 g/mol. The number of aromatic nitrogens is 2. The van der Waals surface area contributed by atoms with Gasteiger partial charge in [-0.1, -0.05) is 24.2 Å². The van der Waals surface area contributed by atoms with Gasteiger partial charge in [-0.3, -0.25) is 0 Å². The zero-order valence-electron chi connectivity index (χ0n) is 9.68. The van der Waals surface area contributed by atoms with Gasteiger partial charge in [0.2, 0.25) is 5.89 Å². The van der Waals surface area contributed by atoms with E-state index in [4.69, 9.17) is 9.63 Å². The summed E-state index contributed by atoms with van der Waals surface area (Å²) >= 11 is 0. The number of hydrogen-bond acceptors (Lipinski definition) is 5. The Balaban J connectivity index is 1.98. The Labute approximate surface area is 99.5 Å². The highest BCUT2D eigenvalue weighted by Crippen LogP contribution is 2.12. The number of phenolic OH excluding ortho intramolecular Hbond substituents is 1. The number of hydrogen-bond donors (Lipinski definition) is 2. The van der Waals surface area contributed by atoms with E-state index < -0.39 is 0 Å². The molecule has 0 bridgehead atoms. The van der Waals surface area contributed by atoms with Gasteiger partial charge in [0.1, 0.15) is 5.75 Å².